The Morgan fingerprint density at radius 2 is 2.11 bits per heavy atom. The highest BCUT2D eigenvalue weighted by molar-refractivity contribution is 6.30. The maximum atomic E-state index is 9.48. The Hall–Kier alpha value is -0.730. The number of halogens is 1. The first-order valence-corrected chi connectivity index (χ1v) is 7.64. The third-order valence-electron chi connectivity index (χ3n) is 4.27. The fourth-order valence-corrected chi connectivity index (χ4v) is 3.16. The van der Waals surface area contributed by atoms with Crippen molar-refractivity contribution in [3.8, 4) is 0 Å². The van der Waals surface area contributed by atoms with Crippen LogP contribution >= 0.6 is 11.6 Å². The largest absolute Gasteiger partial charge is 0.392 e. The molecule has 2 nitrogen and oxygen atoms in total. The molecule has 1 aromatic rings. The van der Waals surface area contributed by atoms with Crippen molar-refractivity contribution in [2.24, 2.45) is 11.8 Å². The molecule has 2 rings (SSSR count). The van der Waals surface area contributed by atoms with Crippen LogP contribution in [0.5, 0.6) is 0 Å². The number of rotatable bonds is 3. The molecular formula is C16H24ClNO. The Kier molecular flexibility index (Phi) is 5.12. The molecule has 1 heterocycles. The van der Waals surface area contributed by atoms with Gasteiger partial charge in [-0.1, -0.05) is 31.5 Å². The van der Waals surface area contributed by atoms with Crippen molar-refractivity contribution in [2.45, 2.75) is 39.7 Å². The zero-order valence-corrected chi connectivity index (χ0v) is 12.7. The van der Waals surface area contributed by atoms with Gasteiger partial charge in [0.2, 0.25) is 0 Å². The van der Waals surface area contributed by atoms with Gasteiger partial charge < -0.3 is 10.0 Å². The van der Waals surface area contributed by atoms with Crippen molar-refractivity contribution in [2.75, 3.05) is 18.0 Å². The molecular weight excluding hydrogens is 258 g/mol. The second-order valence-corrected chi connectivity index (χ2v) is 6.29. The molecule has 0 saturated carbocycles. The summed E-state index contributed by atoms with van der Waals surface area (Å²) in [6.45, 7) is 6.85. The van der Waals surface area contributed by atoms with Gasteiger partial charge in [0.25, 0.3) is 0 Å². The molecule has 0 aromatic heterocycles. The smallest absolute Gasteiger partial charge is 0.0702 e. The third kappa shape index (κ3) is 3.64. The number of anilines is 1. The van der Waals surface area contributed by atoms with Gasteiger partial charge >= 0.3 is 0 Å². The summed E-state index contributed by atoms with van der Waals surface area (Å²) in [4.78, 5) is 2.39. The first-order chi connectivity index (χ1) is 9.11. The molecule has 1 aliphatic rings. The van der Waals surface area contributed by atoms with Crippen LogP contribution in [0.25, 0.3) is 0 Å². The lowest BCUT2D eigenvalue weighted by atomic mass is 9.89. The maximum absolute atomic E-state index is 9.48. The quantitative estimate of drug-likeness (QED) is 0.902. The van der Waals surface area contributed by atoms with Crippen LogP contribution in [0.3, 0.4) is 0 Å². The van der Waals surface area contributed by atoms with Crippen LogP contribution in [0.1, 0.15) is 38.7 Å². The van der Waals surface area contributed by atoms with E-state index in [1.807, 2.05) is 18.2 Å². The zero-order valence-electron chi connectivity index (χ0n) is 11.9. The van der Waals surface area contributed by atoms with E-state index in [1.165, 1.54) is 19.3 Å². The molecule has 0 spiro atoms. The number of nitrogens with zero attached hydrogens (tertiary/aromatic N) is 1. The van der Waals surface area contributed by atoms with Crippen molar-refractivity contribution < 1.29 is 5.11 Å². The number of hydrogen-bond acceptors (Lipinski definition) is 2. The molecule has 1 N–H and O–H groups in total. The topological polar surface area (TPSA) is 23.5 Å². The third-order valence-corrected chi connectivity index (χ3v) is 4.51. The van der Waals surface area contributed by atoms with Gasteiger partial charge in [-0.15, -0.1) is 0 Å². The molecule has 0 radical (unpaired) electrons. The van der Waals surface area contributed by atoms with Gasteiger partial charge in [-0.3, -0.25) is 0 Å². The lowest BCUT2D eigenvalue weighted by molar-refractivity contribution is 0.282. The molecule has 1 fully saturated rings. The van der Waals surface area contributed by atoms with Crippen molar-refractivity contribution in [1.29, 1.82) is 0 Å². The van der Waals surface area contributed by atoms with Crippen LogP contribution < -0.4 is 4.90 Å². The summed E-state index contributed by atoms with van der Waals surface area (Å²) in [6, 6.07) is 5.77. The summed E-state index contributed by atoms with van der Waals surface area (Å²) in [5, 5.41) is 10.2. The van der Waals surface area contributed by atoms with Crippen LogP contribution in [0.2, 0.25) is 5.02 Å². The highest BCUT2D eigenvalue weighted by Gasteiger charge is 2.21. The molecule has 1 atom stereocenters. The zero-order chi connectivity index (χ0) is 13.8. The summed E-state index contributed by atoms with van der Waals surface area (Å²) in [6.07, 6.45) is 3.76. The van der Waals surface area contributed by atoms with Crippen molar-refractivity contribution in [3.63, 3.8) is 0 Å². The first-order valence-electron chi connectivity index (χ1n) is 7.26. The summed E-state index contributed by atoms with van der Waals surface area (Å²) in [7, 11) is 0. The predicted molar refractivity (Wildman–Crippen MR) is 81.8 cm³/mol. The molecule has 3 heteroatoms. The Balaban J connectivity index is 2.16. The monoisotopic (exact) mass is 281 g/mol. The Morgan fingerprint density at radius 1 is 1.32 bits per heavy atom. The van der Waals surface area contributed by atoms with Crippen LogP contribution in [-0.4, -0.2) is 18.2 Å². The number of aliphatic hydroxyl groups is 1. The minimum absolute atomic E-state index is 0.0800. The SMILES string of the molecule is CC(C)C1CCCN(c2cc(Cl)ccc2CO)CC1. The summed E-state index contributed by atoms with van der Waals surface area (Å²) in [5.41, 5.74) is 2.09. The van der Waals surface area contributed by atoms with E-state index in [1.54, 1.807) is 0 Å². The van der Waals surface area contributed by atoms with Crippen LogP contribution in [0.4, 0.5) is 5.69 Å². The van der Waals surface area contributed by atoms with Gasteiger partial charge in [-0.05, 0) is 43.2 Å². The number of hydrogen-bond donors (Lipinski definition) is 1. The molecule has 106 valence electrons. The molecule has 0 amide bonds. The lowest BCUT2D eigenvalue weighted by Gasteiger charge is -2.26. The van der Waals surface area contributed by atoms with Crippen molar-refractivity contribution in [1.82, 2.24) is 0 Å². The summed E-state index contributed by atoms with van der Waals surface area (Å²) < 4.78 is 0. The average molecular weight is 282 g/mol. The van der Waals surface area contributed by atoms with E-state index in [4.69, 9.17) is 11.6 Å². The maximum Gasteiger partial charge on any atom is 0.0702 e. The molecule has 19 heavy (non-hydrogen) atoms. The van der Waals surface area contributed by atoms with Gasteiger partial charge in [0, 0.05) is 29.4 Å². The molecule has 1 saturated heterocycles. The first kappa shape index (κ1) is 14.7. The fraction of sp³-hybridized carbons (Fsp3) is 0.625. The summed E-state index contributed by atoms with van der Waals surface area (Å²) in [5.74, 6) is 1.58. The van der Waals surface area contributed by atoms with E-state index in [0.29, 0.717) is 0 Å². The van der Waals surface area contributed by atoms with E-state index in [-0.39, 0.29) is 6.61 Å². The molecule has 1 aliphatic heterocycles. The van der Waals surface area contributed by atoms with Gasteiger partial charge in [0.15, 0.2) is 0 Å². The van der Waals surface area contributed by atoms with E-state index >= 15 is 0 Å². The lowest BCUT2D eigenvalue weighted by Crippen LogP contribution is -2.25. The van der Waals surface area contributed by atoms with E-state index in [2.05, 4.69) is 18.7 Å². The van der Waals surface area contributed by atoms with Crippen LogP contribution in [-0.2, 0) is 6.61 Å². The second-order valence-electron chi connectivity index (χ2n) is 5.85. The van der Waals surface area contributed by atoms with Crippen molar-refractivity contribution in [3.05, 3.63) is 28.8 Å². The molecule has 1 unspecified atom stereocenters. The minimum atomic E-state index is 0.0800. The van der Waals surface area contributed by atoms with Crippen LogP contribution in [0, 0.1) is 11.8 Å². The Labute approximate surface area is 121 Å². The Morgan fingerprint density at radius 3 is 2.79 bits per heavy atom. The fourth-order valence-electron chi connectivity index (χ4n) is 2.99. The van der Waals surface area contributed by atoms with E-state index < -0.39 is 0 Å². The van der Waals surface area contributed by atoms with Gasteiger partial charge in [0.1, 0.15) is 0 Å². The highest BCUT2D eigenvalue weighted by Crippen LogP contribution is 2.30. The predicted octanol–water partition coefficient (Wildman–Crippen LogP) is 4.09. The van der Waals surface area contributed by atoms with Crippen LogP contribution in [0.15, 0.2) is 18.2 Å². The van der Waals surface area contributed by atoms with Gasteiger partial charge in [0.05, 0.1) is 6.61 Å². The number of aliphatic hydroxyl groups excluding tert-OH is 1. The molecule has 1 aromatic carbocycles. The van der Waals surface area contributed by atoms with Crippen molar-refractivity contribution >= 4 is 17.3 Å². The van der Waals surface area contributed by atoms with E-state index in [9.17, 15) is 5.11 Å². The molecule has 0 bridgehead atoms. The standard InChI is InChI=1S/C16H24ClNO/c1-12(2)13-4-3-8-18(9-7-13)16-10-15(17)6-5-14(16)11-19/h5-6,10,12-13,19H,3-4,7-9,11H2,1-2H3. The average Bonchev–Trinajstić information content (AvgIpc) is 2.64. The van der Waals surface area contributed by atoms with E-state index in [0.717, 1.165) is 41.2 Å². The number of benzene rings is 1. The Bertz CT molecular complexity index is 419. The summed E-state index contributed by atoms with van der Waals surface area (Å²) >= 11 is 6.10. The van der Waals surface area contributed by atoms with Gasteiger partial charge in [-0.2, -0.15) is 0 Å². The minimum Gasteiger partial charge on any atom is -0.392 e. The highest BCUT2D eigenvalue weighted by atomic mass is 35.5. The molecule has 0 aliphatic carbocycles. The van der Waals surface area contributed by atoms with Gasteiger partial charge in [-0.25, -0.2) is 0 Å². The second kappa shape index (κ2) is 6.62. The normalized spacial score (nSPS) is 20.7.